The lowest BCUT2D eigenvalue weighted by atomic mass is 9.33. The molecule has 4 saturated carbocycles. The second-order valence-corrected chi connectivity index (χ2v) is 17.5. The highest BCUT2D eigenvalue weighted by Gasteiger charge is 2.71. The number of aliphatic hydroxyl groups excluding tert-OH is 5. The topological polar surface area (TPSA) is 157 Å². The molecular formula is C36H58O9. The number of aliphatic hydroxyl groups is 6. The van der Waals surface area contributed by atoms with Gasteiger partial charge in [-0.25, -0.2) is 0 Å². The number of allylic oxidation sites excluding steroid dienone is 1. The fourth-order valence-corrected chi connectivity index (χ4v) is 12.2. The first-order valence-electron chi connectivity index (χ1n) is 17.5. The van der Waals surface area contributed by atoms with Gasteiger partial charge in [-0.15, -0.1) is 0 Å². The van der Waals surface area contributed by atoms with Gasteiger partial charge in [0.1, 0.15) is 24.4 Å². The summed E-state index contributed by atoms with van der Waals surface area (Å²) in [5.74, 6) is -0.308. The van der Waals surface area contributed by atoms with E-state index in [1.54, 1.807) is 0 Å². The summed E-state index contributed by atoms with van der Waals surface area (Å²) in [6.45, 7) is 15.1. The van der Waals surface area contributed by atoms with Gasteiger partial charge in [-0.2, -0.15) is 0 Å². The van der Waals surface area contributed by atoms with Gasteiger partial charge in [0.05, 0.1) is 23.7 Å². The molecule has 4 unspecified atom stereocenters. The minimum absolute atomic E-state index is 0.0571. The quantitative estimate of drug-likeness (QED) is 0.202. The molecule has 0 radical (unpaired) electrons. The van der Waals surface area contributed by atoms with Crippen LogP contribution in [0, 0.1) is 50.7 Å². The van der Waals surface area contributed by atoms with Crippen LogP contribution >= 0.6 is 0 Å². The molecule has 9 nitrogen and oxygen atoms in total. The van der Waals surface area contributed by atoms with E-state index in [1.165, 1.54) is 0 Å². The van der Waals surface area contributed by atoms with Gasteiger partial charge >= 0.3 is 5.97 Å². The highest BCUT2D eigenvalue weighted by Crippen LogP contribution is 2.76. The zero-order chi connectivity index (χ0) is 33.1. The number of hydrogen-bond donors (Lipinski definition) is 6. The lowest BCUT2D eigenvalue weighted by Gasteiger charge is -2.71. The maximum absolute atomic E-state index is 14.4. The minimum atomic E-state index is -1.68. The molecule has 0 spiro atoms. The van der Waals surface area contributed by atoms with Crippen molar-refractivity contribution >= 4 is 5.97 Å². The van der Waals surface area contributed by atoms with Gasteiger partial charge in [0, 0.05) is 5.92 Å². The number of hydrogen-bond acceptors (Lipinski definition) is 9. The third-order valence-electron chi connectivity index (χ3n) is 15.5. The van der Waals surface area contributed by atoms with Crippen LogP contribution in [0.1, 0.15) is 106 Å². The summed E-state index contributed by atoms with van der Waals surface area (Å²) in [6, 6.07) is 0. The van der Waals surface area contributed by atoms with Crippen LogP contribution in [0.4, 0.5) is 0 Å². The van der Waals surface area contributed by atoms with Crippen molar-refractivity contribution in [2.24, 2.45) is 50.7 Å². The number of fused-ring (bicyclic) bond motifs is 7. The fraction of sp³-hybridized carbons (Fsp3) is 0.917. The van der Waals surface area contributed by atoms with Crippen LogP contribution in [-0.4, -0.2) is 85.6 Å². The van der Waals surface area contributed by atoms with Crippen molar-refractivity contribution in [3.8, 4) is 0 Å². The minimum Gasteiger partial charge on any atom is -0.432 e. The predicted octanol–water partition coefficient (Wildman–Crippen LogP) is 3.46. The van der Waals surface area contributed by atoms with Gasteiger partial charge in [0.2, 0.25) is 6.29 Å². The van der Waals surface area contributed by atoms with E-state index in [1.807, 2.05) is 13.8 Å². The molecule has 1 heterocycles. The number of ether oxygens (including phenoxy) is 2. The van der Waals surface area contributed by atoms with E-state index in [-0.39, 0.29) is 33.7 Å². The molecule has 9 heteroatoms. The monoisotopic (exact) mass is 634 g/mol. The number of carbonyl (C=O) groups excluding carboxylic acids is 1. The molecule has 15 atom stereocenters. The summed E-state index contributed by atoms with van der Waals surface area (Å²) in [5, 5.41) is 64.4. The molecule has 6 rings (SSSR count). The van der Waals surface area contributed by atoms with Crippen molar-refractivity contribution in [2.45, 2.75) is 149 Å². The summed E-state index contributed by atoms with van der Waals surface area (Å²) in [4.78, 5) is 14.4. The van der Waals surface area contributed by atoms with Gasteiger partial charge in [0.15, 0.2) is 0 Å². The number of carbonyl (C=O) groups is 1. The molecule has 45 heavy (non-hydrogen) atoms. The van der Waals surface area contributed by atoms with Gasteiger partial charge in [-0.05, 0) is 104 Å². The maximum atomic E-state index is 14.4. The molecule has 0 bridgehead atoms. The Hall–Kier alpha value is -1.07. The first-order chi connectivity index (χ1) is 20.8. The molecule has 0 aromatic rings. The van der Waals surface area contributed by atoms with E-state index in [9.17, 15) is 35.4 Å². The van der Waals surface area contributed by atoms with Crippen molar-refractivity contribution in [1.82, 2.24) is 0 Å². The molecule has 0 aromatic heterocycles. The standard InChI is InChI=1S/C36H58O9/c1-19-10-15-36(30(42)45-29-27(41)26(40)25(39)21(18-37)44-29)17-16-33(5)20(28(36)35(19,7)43)8-9-23-32(4)13-12-24(38)31(2,3)22(32)11-14-34(23,33)6/h8,19,21-29,37-41,43H,9-18H2,1-7H3/t19-,21-,22?,23?,24+,25-,26+,27-,28?,29?,32+,33-,34-,35-,36+/m1/s1. The largest absolute Gasteiger partial charge is 0.432 e. The van der Waals surface area contributed by atoms with E-state index in [4.69, 9.17) is 9.47 Å². The molecule has 1 saturated heterocycles. The second-order valence-electron chi connectivity index (χ2n) is 17.5. The summed E-state index contributed by atoms with van der Waals surface area (Å²) >= 11 is 0. The Morgan fingerprint density at radius 3 is 2.24 bits per heavy atom. The summed E-state index contributed by atoms with van der Waals surface area (Å²) in [7, 11) is 0. The van der Waals surface area contributed by atoms with Crippen LogP contribution in [0.5, 0.6) is 0 Å². The fourth-order valence-electron chi connectivity index (χ4n) is 12.2. The molecule has 256 valence electrons. The van der Waals surface area contributed by atoms with E-state index in [0.717, 1.165) is 44.1 Å². The zero-order valence-electron chi connectivity index (χ0n) is 28.3. The molecule has 0 amide bonds. The van der Waals surface area contributed by atoms with E-state index >= 15 is 0 Å². The van der Waals surface area contributed by atoms with E-state index in [2.05, 4.69) is 40.7 Å². The second kappa shape index (κ2) is 10.7. The van der Waals surface area contributed by atoms with Gasteiger partial charge in [0.25, 0.3) is 0 Å². The van der Waals surface area contributed by atoms with Crippen molar-refractivity contribution in [3.63, 3.8) is 0 Å². The van der Waals surface area contributed by atoms with E-state index in [0.29, 0.717) is 31.1 Å². The Morgan fingerprint density at radius 2 is 1.58 bits per heavy atom. The summed E-state index contributed by atoms with van der Waals surface area (Å²) in [6.07, 6.45) is 1.59. The van der Waals surface area contributed by atoms with Gasteiger partial charge < -0.3 is 40.1 Å². The molecule has 0 aromatic carbocycles. The third-order valence-corrected chi connectivity index (χ3v) is 15.5. The Bertz CT molecular complexity index is 1210. The number of esters is 1. The molecule has 6 aliphatic rings. The SMILES string of the molecule is C[C@@H]1CC[C@]2(C(=O)OC3O[C@H](CO)[C@@H](O)[C@H](O)[C@H]3O)CC[C@]3(C)C(=CCC4[C@@]5(C)CC[C@H](O)C(C)(C)C5CC[C@]43C)C2[C@]1(C)O. The normalized spacial score (nSPS) is 55.7. The average Bonchev–Trinajstić information content (AvgIpc) is 2.97. The van der Waals surface area contributed by atoms with Gasteiger partial charge in [-0.1, -0.05) is 53.2 Å². The lowest BCUT2D eigenvalue weighted by Crippen LogP contribution is -2.68. The van der Waals surface area contributed by atoms with E-state index < -0.39 is 60.2 Å². The highest BCUT2D eigenvalue weighted by molar-refractivity contribution is 5.79. The van der Waals surface area contributed by atoms with Crippen LogP contribution in [0.25, 0.3) is 0 Å². The predicted molar refractivity (Wildman–Crippen MR) is 166 cm³/mol. The summed E-state index contributed by atoms with van der Waals surface area (Å²) in [5.41, 5.74) is -1.51. The molecule has 1 aliphatic heterocycles. The highest BCUT2D eigenvalue weighted by atomic mass is 16.7. The Kier molecular flexibility index (Phi) is 8.05. The van der Waals surface area contributed by atoms with Crippen molar-refractivity contribution in [1.29, 1.82) is 0 Å². The Labute approximate surface area is 268 Å². The molecule has 6 N–H and O–H groups in total. The molecular weight excluding hydrogens is 576 g/mol. The first kappa shape index (κ1) is 33.8. The Morgan fingerprint density at radius 1 is 0.889 bits per heavy atom. The van der Waals surface area contributed by atoms with Crippen molar-refractivity contribution in [2.75, 3.05) is 6.61 Å². The van der Waals surface area contributed by atoms with Crippen molar-refractivity contribution in [3.05, 3.63) is 11.6 Å². The van der Waals surface area contributed by atoms with Crippen LogP contribution in [0.3, 0.4) is 0 Å². The maximum Gasteiger partial charge on any atom is 0.315 e. The first-order valence-corrected chi connectivity index (χ1v) is 17.5. The van der Waals surface area contributed by atoms with Crippen LogP contribution in [0.2, 0.25) is 0 Å². The van der Waals surface area contributed by atoms with Crippen molar-refractivity contribution < 1.29 is 44.9 Å². The lowest BCUT2D eigenvalue weighted by molar-refractivity contribution is -0.299. The average molecular weight is 635 g/mol. The molecule has 5 aliphatic carbocycles. The zero-order valence-corrected chi connectivity index (χ0v) is 28.3. The number of rotatable bonds is 3. The smallest absolute Gasteiger partial charge is 0.315 e. The Balaban J connectivity index is 1.39. The molecule has 5 fully saturated rings. The van der Waals surface area contributed by atoms with Crippen LogP contribution in [-0.2, 0) is 14.3 Å². The third kappa shape index (κ3) is 4.39. The summed E-state index contributed by atoms with van der Waals surface area (Å²) < 4.78 is 11.5. The van der Waals surface area contributed by atoms with Gasteiger partial charge in [-0.3, -0.25) is 4.79 Å². The van der Waals surface area contributed by atoms with Crippen LogP contribution in [0.15, 0.2) is 11.6 Å². The van der Waals surface area contributed by atoms with Crippen LogP contribution < -0.4 is 0 Å².